The van der Waals surface area contributed by atoms with Crippen molar-refractivity contribution in [1.29, 1.82) is 0 Å². The van der Waals surface area contributed by atoms with Crippen LogP contribution in [-0.4, -0.2) is 37.7 Å². The molecule has 1 aliphatic carbocycles. The number of amides is 1. The van der Waals surface area contributed by atoms with Crippen molar-refractivity contribution in [3.05, 3.63) is 60.9 Å². The number of fused-ring (bicyclic) bond motifs is 1. The molecule has 0 aliphatic heterocycles. The van der Waals surface area contributed by atoms with Gasteiger partial charge in [0, 0.05) is 11.6 Å². The van der Waals surface area contributed by atoms with Gasteiger partial charge in [0.25, 0.3) is 0 Å². The normalized spacial score (nSPS) is 17.9. The molecule has 1 amide bonds. The molecule has 206 valence electrons. The number of nitrogens with zero attached hydrogens (tertiary/aromatic N) is 4. The topological polar surface area (TPSA) is 134 Å². The Kier molecular flexibility index (Phi) is 9.04. The zero-order valence-electron chi connectivity index (χ0n) is 22.3. The number of nitrogens with two attached hydrogens (primary N) is 2. The highest BCUT2D eigenvalue weighted by Crippen LogP contribution is 2.36. The lowest BCUT2D eigenvalue weighted by Crippen LogP contribution is -2.47. The number of ether oxygens (including phenoxy) is 1. The molecule has 4 aromatic rings. The van der Waals surface area contributed by atoms with E-state index < -0.39 is 6.04 Å². The van der Waals surface area contributed by atoms with Crippen molar-refractivity contribution in [2.24, 2.45) is 11.7 Å². The number of nitrogens with one attached hydrogen (secondary N) is 1. The molecule has 1 fully saturated rings. The van der Waals surface area contributed by atoms with Gasteiger partial charge < -0.3 is 21.5 Å². The highest BCUT2D eigenvalue weighted by atomic mass is 35.5. The standard InChI is InChI=1S/C29H35N7O2.ClH/c1-18(2)16-24(30)29(37)34-20-10-12-21(13-11-20)36-28-25(27(31)32-17-33-28)26(35-36)19-8-14-23(15-9-19)38-22-6-4-3-5-7-22;/h3-9,14-15,17-18,20-21,24H,10-13,16,30H2,1-2H3,(H,34,37)(H2,31,32,33);1H/t20?,21?,24-;/m0./s1. The summed E-state index contributed by atoms with van der Waals surface area (Å²) < 4.78 is 7.92. The van der Waals surface area contributed by atoms with E-state index in [1.54, 1.807) is 0 Å². The Labute approximate surface area is 234 Å². The second-order valence-electron chi connectivity index (χ2n) is 10.4. The molecule has 0 saturated heterocycles. The van der Waals surface area contributed by atoms with Crippen molar-refractivity contribution in [2.75, 3.05) is 5.73 Å². The Morgan fingerprint density at radius 2 is 1.69 bits per heavy atom. The van der Waals surface area contributed by atoms with Crippen molar-refractivity contribution in [3.8, 4) is 22.8 Å². The smallest absolute Gasteiger partial charge is 0.237 e. The lowest BCUT2D eigenvalue weighted by molar-refractivity contribution is -0.123. The first-order valence-electron chi connectivity index (χ1n) is 13.3. The number of nitrogen functional groups attached to an aromatic ring is 1. The van der Waals surface area contributed by atoms with Crippen LogP contribution in [0.5, 0.6) is 11.5 Å². The van der Waals surface area contributed by atoms with Gasteiger partial charge in [-0.05, 0) is 74.4 Å². The van der Waals surface area contributed by atoms with Crippen molar-refractivity contribution in [2.45, 2.75) is 64.1 Å². The summed E-state index contributed by atoms with van der Waals surface area (Å²) in [6.07, 6.45) is 5.62. The van der Waals surface area contributed by atoms with Gasteiger partial charge in [-0.25, -0.2) is 14.6 Å². The van der Waals surface area contributed by atoms with Gasteiger partial charge in [-0.3, -0.25) is 4.79 Å². The summed E-state index contributed by atoms with van der Waals surface area (Å²) in [5.74, 6) is 2.24. The molecule has 10 heteroatoms. The van der Waals surface area contributed by atoms with Crippen LogP contribution >= 0.6 is 12.4 Å². The van der Waals surface area contributed by atoms with E-state index in [1.165, 1.54) is 6.33 Å². The van der Waals surface area contributed by atoms with E-state index in [0.29, 0.717) is 18.2 Å². The zero-order valence-corrected chi connectivity index (χ0v) is 23.1. The van der Waals surface area contributed by atoms with Gasteiger partial charge in [0.05, 0.1) is 17.5 Å². The van der Waals surface area contributed by atoms with E-state index >= 15 is 0 Å². The maximum Gasteiger partial charge on any atom is 0.237 e. The molecule has 5 N–H and O–H groups in total. The van der Waals surface area contributed by atoms with E-state index in [4.69, 9.17) is 21.3 Å². The molecule has 1 atom stereocenters. The second-order valence-corrected chi connectivity index (χ2v) is 10.4. The number of rotatable bonds is 8. The Hall–Kier alpha value is -3.69. The van der Waals surface area contributed by atoms with Crippen molar-refractivity contribution in [1.82, 2.24) is 25.1 Å². The van der Waals surface area contributed by atoms with Crippen LogP contribution in [-0.2, 0) is 4.79 Å². The predicted octanol–water partition coefficient (Wildman–Crippen LogP) is 5.26. The van der Waals surface area contributed by atoms with Crippen LogP contribution in [0.3, 0.4) is 0 Å². The Balaban J connectivity index is 0.00000353. The third-order valence-electron chi connectivity index (χ3n) is 7.08. The third-order valence-corrected chi connectivity index (χ3v) is 7.08. The van der Waals surface area contributed by atoms with Gasteiger partial charge in [-0.1, -0.05) is 32.0 Å². The number of carbonyl (C=O) groups is 1. The molecular weight excluding hydrogens is 514 g/mol. The van der Waals surface area contributed by atoms with Gasteiger partial charge in [0.2, 0.25) is 5.91 Å². The van der Waals surface area contributed by atoms with Crippen LogP contribution in [0.2, 0.25) is 0 Å². The summed E-state index contributed by atoms with van der Waals surface area (Å²) in [7, 11) is 0. The van der Waals surface area contributed by atoms with Crippen molar-refractivity contribution >= 4 is 35.2 Å². The minimum absolute atomic E-state index is 0. The summed E-state index contributed by atoms with van der Waals surface area (Å²) in [5, 5.41) is 8.88. The Morgan fingerprint density at radius 3 is 2.36 bits per heavy atom. The second kappa shape index (κ2) is 12.4. The zero-order chi connectivity index (χ0) is 26.6. The predicted molar refractivity (Wildman–Crippen MR) is 156 cm³/mol. The highest BCUT2D eigenvalue weighted by molar-refractivity contribution is 5.98. The SMILES string of the molecule is CC(C)C[C@H](N)C(=O)NC1CCC(n2nc(-c3ccc(Oc4ccccc4)cc3)c3c(N)ncnc32)CC1.Cl. The van der Waals surface area contributed by atoms with Crippen LogP contribution in [0.15, 0.2) is 60.9 Å². The first kappa shape index (κ1) is 28.3. The summed E-state index contributed by atoms with van der Waals surface area (Å²) >= 11 is 0. The van der Waals surface area contributed by atoms with Gasteiger partial charge in [0.15, 0.2) is 5.65 Å². The van der Waals surface area contributed by atoms with Gasteiger partial charge in [-0.2, -0.15) is 5.10 Å². The molecule has 9 nitrogen and oxygen atoms in total. The summed E-state index contributed by atoms with van der Waals surface area (Å²) in [5.41, 5.74) is 14.8. The lowest BCUT2D eigenvalue weighted by Gasteiger charge is -2.30. The molecule has 0 radical (unpaired) electrons. The number of anilines is 1. The fourth-order valence-corrected chi connectivity index (χ4v) is 5.15. The largest absolute Gasteiger partial charge is 0.457 e. The Morgan fingerprint density at radius 1 is 1.03 bits per heavy atom. The average molecular weight is 550 g/mol. The van der Waals surface area contributed by atoms with E-state index in [0.717, 1.165) is 59.5 Å². The molecule has 2 heterocycles. The van der Waals surface area contributed by atoms with E-state index in [1.807, 2.05) is 59.3 Å². The van der Waals surface area contributed by atoms with Crippen LogP contribution in [0.25, 0.3) is 22.3 Å². The molecule has 2 aromatic heterocycles. The van der Waals surface area contributed by atoms with Crippen LogP contribution in [0, 0.1) is 5.92 Å². The first-order valence-corrected chi connectivity index (χ1v) is 13.3. The summed E-state index contributed by atoms with van der Waals surface area (Å²) in [4.78, 5) is 21.3. The van der Waals surface area contributed by atoms with Crippen LogP contribution < -0.4 is 21.5 Å². The number of halogens is 1. The van der Waals surface area contributed by atoms with Gasteiger partial charge in [0.1, 0.15) is 29.3 Å². The number of hydrogen-bond acceptors (Lipinski definition) is 7. The molecule has 39 heavy (non-hydrogen) atoms. The number of carbonyl (C=O) groups excluding carboxylic acids is 1. The maximum absolute atomic E-state index is 12.5. The minimum Gasteiger partial charge on any atom is -0.457 e. The highest BCUT2D eigenvalue weighted by Gasteiger charge is 2.28. The number of para-hydroxylation sites is 1. The summed E-state index contributed by atoms with van der Waals surface area (Å²) in [6.45, 7) is 4.15. The van der Waals surface area contributed by atoms with Gasteiger partial charge in [-0.15, -0.1) is 12.4 Å². The van der Waals surface area contributed by atoms with Crippen molar-refractivity contribution in [3.63, 3.8) is 0 Å². The monoisotopic (exact) mass is 549 g/mol. The van der Waals surface area contributed by atoms with E-state index in [9.17, 15) is 4.79 Å². The molecule has 1 saturated carbocycles. The average Bonchev–Trinajstić information content (AvgIpc) is 3.31. The van der Waals surface area contributed by atoms with E-state index in [-0.39, 0.29) is 30.4 Å². The van der Waals surface area contributed by atoms with Gasteiger partial charge >= 0.3 is 0 Å². The minimum atomic E-state index is -0.463. The fourth-order valence-electron chi connectivity index (χ4n) is 5.15. The van der Waals surface area contributed by atoms with E-state index in [2.05, 4.69) is 29.1 Å². The maximum atomic E-state index is 12.5. The number of benzene rings is 2. The fraction of sp³-hybridized carbons (Fsp3) is 0.379. The molecule has 0 unspecified atom stereocenters. The molecular formula is C29H36ClN7O2. The molecule has 5 rings (SSSR count). The number of hydrogen-bond donors (Lipinski definition) is 3. The molecule has 2 aromatic carbocycles. The third kappa shape index (κ3) is 6.49. The van der Waals surface area contributed by atoms with Crippen LogP contribution in [0.1, 0.15) is 52.0 Å². The quantitative estimate of drug-likeness (QED) is 0.273. The summed E-state index contributed by atoms with van der Waals surface area (Å²) in [6, 6.07) is 17.3. The molecule has 1 aliphatic rings. The Bertz CT molecular complexity index is 1380. The number of aromatic nitrogens is 4. The first-order chi connectivity index (χ1) is 18.4. The van der Waals surface area contributed by atoms with Crippen molar-refractivity contribution < 1.29 is 9.53 Å². The molecule has 0 bridgehead atoms. The van der Waals surface area contributed by atoms with Crippen LogP contribution in [0.4, 0.5) is 5.82 Å². The molecule has 0 spiro atoms. The lowest BCUT2D eigenvalue weighted by atomic mass is 9.91.